The Morgan fingerprint density at radius 1 is 0.537 bits per heavy atom. The third-order valence-corrected chi connectivity index (χ3v) is 10.7. The predicted octanol–water partition coefficient (Wildman–Crippen LogP) is 15.7. The van der Waals surface area contributed by atoms with Crippen molar-refractivity contribution < 1.29 is 67.6 Å². The van der Waals surface area contributed by atoms with E-state index in [1.165, 1.54) is 25.7 Å². The standard InChI is InChI=1S/C6H10F3O2P.2C6H12FO2P.C5H10FO3P.4C3H8/c7-6(8,12(9,10)11)5-3-1-2-4-5;1-10(7,8)9-6-4-2-3-5-6;7-10(8,9)5-6-3-1-2-4-6;6-10(7,8)9-5-3-1-2-4-5;4*1-3-2/h5H,1-4H2,(H,10,11);6H,2-5H2,1H3;6H,1-5H2,(H,8,9);5H,1-4H2,(H,7,8);4*3H2,1-2H3. The van der Waals surface area contributed by atoms with Crippen LogP contribution in [0, 0.1) is 11.8 Å². The van der Waals surface area contributed by atoms with E-state index in [9.17, 15) is 43.8 Å². The van der Waals surface area contributed by atoms with Crippen molar-refractivity contribution in [1.29, 1.82) is 0 Å². The molecule has 0 spiro atoms. The van der Waals surface area contributed by atoms with Crippen LogP contribution >= 0.6 is 30.9 Å². The first kappa shape index (κ1) is 61.0. The zero-order valence-corrected chi connectivity index (χ0v) is 38.1. The number of rotatable bonds is 8. The summed E-state index contributed by atoms with van der Waals surface area (Å²) in [5.74, 6) is -1.08. The number of hydrogen-bond acceptors (Lipinski definition) is 6. The molecule has 4 aliphatic rings. The zero-order chi connectivity index (χ0) is 43.1. The van der Waals surface area contributed by atoms with Gasteiger partial charge in [0.05, 0.1) is 18.4 Å². The van der Waals surface area contributed by atoms with E-state index in [2.05, 4.69) is 64.4 Å². The molecular formula is C35H76F6O9P4. The summed E-state index contributed by atoms with van der Waals surface area (Å²) in [6.45, 7) is 18.0. The van der Waals surface area contributed by atoms with Gasteiger partial charge in [-0.1, -0.05) is 132 Å². The lowest BCUT2D eigenvalue weighted by Gasteiger charge is -2.21. The molecule has 332 valence electrons. The van der Waals surface area contributed by atoms with Gasteiger partial charge in [0.25, 0.3) is 0 Å². The summed E-state index contributed by atoms with van der Waals surface area (Å²) in [6.07, 6.45) is 17.1. The van der Waals surface area contributed by atoms with Crippen LogP contribution in [0.5, 0.6) is 0 Å². The van der Waals surface area contributed by atoms with Crippen LogP contribution in [-0.4, -0.2) is 45.4 Å². The van der Waals surface area contributed by atoms with Gasteiger partial charge in [-0.05, 0) is 57.3 Å². The van der Waals surface area contributed by atoms with E-state index >= 15 is 0 Å². The van der Waals surface area contributed by atoms with E-state index < -0.39 is 42.5 Å². The van der Waals surface area contributed by atoms with Gasteiger partial charge >= 0.3 is 36.6 Å². The highest BCUT2D eigenvalue weighted by atomic mass is 31.2. The second-order valence-electron chi connectivity index (χ2n) is 14.1. The van der Waals surface area contributed by atoms with Crippen LogP contribution in [0.25, 0.3) is 0 Å². The van der Waals surface area contributed by atoms with Gasteiger partial charge in [0.15, 0.2) is 0 Å². The molecule has 0 amide bonds. The fourth-order valence-electron chi connectivity index (χ4n) is 5.45. The quantitative estimate of drug-likeness (QED) is 0.160. The molecule has 0 aromatic carbocycles. The van der Waals surface area contributed by atoms with Crippen LogP contribution < -0.4 is 0 Å². The monoisotopic (exact) mass is 878 g/mol. The smallest absolute Gasteiger partial charge is 0.321 e. The van der Waals surface area contributed by atoms with Crippen LogP contribution in [0.3, 0.4) is 0 Å². The Morgan fingerprint density at radius 3 is 1.07 bits per heavy atom. The molecular weight excluding hydrogens is 802 g/mol. The van der Waals surface area contributed by atoms with Gasteiger partial charge in [-0.2, -0.15) is 21.4 Å². The summed E-state index contributed by atoms with van der Waals surface area (Å²) in [5.41, 5.74) is -4.04. The Hall–Kier alpha value is 0.300. The molecule has 0 aromatic heterocycles. The van der Waals surface area contributed by atoms with Gasteiger partial charge < -0.3 is 14.3 Å². The Morgan fingerprint density at radius 2 is 0.815 bits per heavy atom. The number of halogens is 6. The molecule has 9 nitrogen and oxygen atoms in total. The maximum atomic E-state index is 12.7. The van der Waals surface area contributed by atoms with Gasteiger partial charge in [-0.25, -0.2) is 9.13 Å². The van der Waals surface area contributed by atoms with Crippen LogP contribution in [0.15, 0.2) is 0 Å². The molecule has 0 heterocycles. The lowest BCUT2D eigenvalue weighted by Crippen LogP contribution is -2.24. The van der Waals surface area contributed by atoms with Crippen LogP contribution in [-0.2, 0) is 27.3 Å². The van der Waals surface area contributed by atoms with Gasteiger partial charge in [-0.15, -0.1) is 4.20 Å². The first-order chi connectivity index (χ1) is 24.7. The molecule has 4 fully saturated rings. The minimum Gasteiger partial charge on any atom is -0.321 e. The zero-order valence-electron chi connectivity index (χ0n) is 34.5. The summed E-state index contributed by atoms with van der Waals surface area (Å²) >= 11 is 0. The van der Waals surface area contributed by atoms with Crippen LogP contribution in [0.2, 0.25) is 0 Å². The summed E-state index contributed by atoms with van der Waals surface area (Å²) in [6, 6.07) is 0. The maximum absolute atomic E-state index is 12.7. The highest BCUT2D eigenvalue weighted by molar-refractivity contribution is 7.53. The van der Waals surface area contributed by atoms with E-state index in [4.69, 9.17) is 14.7 Å². The molecule has 0 aromatic rings. The fourth-order valence-corrected chi connectivity index (χ4v) is 8.48. The average molecular weight is 879 g/mol. The molecule has 19 heteroatoms. The van der Waals surface area contributed by atoms with Crippen molar-refractivity contribution in [2.24, 2.45) is 11.8 Å². The first-order valence-electron chi connectivity index (χ1n) is 19.8. The Kier molecular flexibility index (Phi) is 38.6. The largest absolute Gasteiger partial charge is 0.510 e. The van der Waals surface area contributed by atoms with Crippen molar-refractivity contribution in [3.63, 3.8) is 0 Å². The van der Waals surface area contributed by atoms with Crippen molar-refractivity contribution in [1.82, 2.24) is 0 Å². The lowest BCUT2D eigenvalue weighted by molar-refractivity contribution is 0.00874. The Labute approximate surface area is 324 Å². The summed E-state index contributed by atoms with van der Waals surface area (Å²) < 4.78 is 124. The molecule has 0 saturated heterocycles. The summed E-state index contributed by atoms with van der Waals surface area (Å²) in [5, 5.41) is 0. The minimum atomic E-state index is -5.75. The molecule has 0 bridgehead atoms. The number of hydrogen-bond donors (Lipinski definition) is 3. The SMILES string of the molecule is CCC.CCC.CCC.CCC.CP(=O)(F)OC1CCCC1.O=P(O)(F)C(F)(F)C1CCCC1.O=P(O)(F)CC1CCCC1.O=P(O)(F)OC1CCCC1. The molecule has 54 heavy (non-hydrogen) atoms. The highest BCUT2D eigenvalue weighted by Crippen LogP contribution is 2.63. The fraction of sp³-hybridized carbons (Fsp3) is 1.00. The topological polar surface area (TPSA) is 147 Å². The first-order valence-corrected chi connectivity index (χ1v) is 26.5. The van der Waals surface area contributed by atoms with E-state index in [0.29, 0.717) is 25.7 Å². The molecule has 0 radical (unpaired) electrons. The normalized spacial score (nSPS) is 21.8. The molecule has 4 saturated carbocycles. The van der Waals surface area contributed by atoms with Crippen LogP contribution in [0.1, 0.15) is 184 Å². The molecule has 4 aliphatic carbocycles. The minimum absolute atomic E-state index is 0.0826. The van der Waals surface area contributed by atoms with Crippen molar-refractivity contribution in [2.45, 2.75) is 202 Å². The molecule has 4 unspecified atom stereocenters. The summed E-state index contributed by atoms with van der Waals surface area (Å²) in [7, 11) is -18.4. The van der Waals surface area contributed by atoms with Crippen molar-refractivity contribution in [3.8, 4) is 0 Å². The lowest BCUT2D eigenvalue weighted by atomic mass is 10.1. The van der Waals surface area contributed by atoms with E-state index in [0.717, 1.165) is 70.9 Å². The van der Waals surface area contributed by atoms with Gasteiger partial charge in [-0.3, -0.25) is 18.5 Å². The maximum Gasteiger partial charge on any atom is 0.510 e. The van der Waals surface area contributed by atoms with Crippen molar-refractivity contribution in [2.75, 3.05) is 12.8 Å². The molecule has 4 rings (SSSR count). The summed E-state index contributed by atoms with van der Waals surface area (Å²) in [4.78, 5) is 24.7. The molecule has 4 atom stereocenters. The molecule has 0 aliphatic heterocycles. The van der Waals surface area contributed by atoms with E-state index in [-0.39, 0.29) is 37.1 Å². The van der Waals surface area contributed by atoms with Crippen LogP contribution in [0.4, 0.5) is 25.6 Å². The van der Waals surface area contributed by atoms with E-state index in [1.54, 1.807) is 0 Å². The second kappa shape index (κ2) is 34.2. The highest BCUT2D eigenvalue weighted by Gasteiger charge is 2.56. The number of alkyl halides is 2. The Bertz CT molecular complexity index is 937. The Balaban J connectivity index is -0.000000281. The van der Waals surface area contributed by atoms with Crippen molar-refractivity contribution in [3.05, 3.63) is 0 Å². The third-order valence-electron chi connectivity index (χ3n) is 7.39. The van der Waals surface area contributed by atoms with Gasteiger partial charge in [0.1, 0.15) is 0 Å². The molecule has 3 N–H and O–H groups in total. The third kappa shape index (κ3) is 40.5. The predicted molar refractivity (Wildman–Crippen MR) is 212 cm³/mol. The van der Waals surface area contributed by atoms with E-state index in [1.807, 2.05) is 0 Å². The average Bonchev–Trinajstić information content (AvgIpc) is 3.83. The van der Waals surface area contributed by atoms with Gasteiger partial charge in [0, 0.05) is 12.6 Å². The van der Waals surface area contributed by atoms with Crippen molar-refractivity contribution >= 4 is 30.9 Å². The second-order valence-corrected chi connectivity index (χ2v) is 20.1. The van der Waals surface area contributed by atoms with Gasteiger partial charge in [0.2, 0.25) is 0 Å².